The number of rotatable bonds is 6. The van der Waals surface area contributed by atoms with Crippen LogP contribution in [0.15, 0.2) is 45.6 Å². The highest BCUT2D eigenvalue weighted by atomic mass is 16.8. The molecule has 0 aliphatic carbocycles. The Hall–Kier alpha value is -3.55. The molecule has 0 amide bonds. The number of aliphatic hydroxyl groups excluding tert-OH is 7. The van der Waals surface area contributed by atoms with E-state index in [1.165, 1.54) is 24.3 Å². The van der Waals surface area contributed by atoms with Crippen molar-refractivity contribution < 1.29 is 74.4 Å². The quantitative estimate of drug-likeness (QED) is 0.141. The van der Waals surface area contributed by atoms with Gasteiger partial charge < -0.3 is 74.4 Å². The van der Waals surface area contributed by atoms with E-state index in [0.29, 0.717) is 0 Å². The zero-order valence-electron chi connectivity index (χ0n) is 21.4. The number of benzene rings is 2. The van der Waals surface area contributed by atoms with Gasteiger partial charge >= 0.3 is 0 Å². The molecule has 16 heteroatoms. The molecule has 2 aliphatic heterocycles. The fourth-order valence-corrected chi connectivity index (χ4v) is 4.60. The first-order chi connectivity index (χ1) is 19.9. The predicted octanol–water partition coefficient (Wildman–Crippen LogP) is -2.46. The maximum atomic E-state index is 13.5. The second-order valence-corrected chi connectivity index (χ2v) is 9.81. The Kier molecular flexibility index (Phi) is 8.28. The van der Waals surface area contributed by atoms with Crippen molar-refractivity contribution in [1.82, 2.24) is 0 Å². The van der Waals surface area contributed by atoms with Crippen molar-refractivity contribution in [2.45, 2.75) is 61.6 Å². The summed E-state index contributed by atoms with van der Waals surface area (Å²) < 4.78 is 27.2. The minimum atomic E-state index is -1.96. The van der Waals surface area contributed by atoms with Gasteiger partial charge in [0.25, 0.3) is 0 Å². The largest absolute Gasteiger partial charge is 0.508 e. The van der Waals surface area contributed by atoms with Crippen molar-refractivity contribution in [1.29, 1.82) is 0 Å². The third kappa shape index (κ3) is 5.48. The van der Waals surface area contributed by atoms with E-state index in [-0.39, 0.29) is 22.7 Å². The molecule has 3 heterocycles. The lowest BCUT2D eigenvalue weighted by molar-refractivity contribution is -0.350. The topological polar surface area (TPSA) is 269 Å². The van der Waals surface area contributed by atoms with Crippen LogP contribution in [0.5, 0.6) is 23.0 Å². The van der Waals surface area contributed by atoms with Gasteiger partial charge in [-0.25, -0.2) is 0 Å². The Balaban J connectivity index is 1.46. The molecule has 2 saturated heterocycles. The number of hydrogen-bond acceptors (Lipinski definition) is 16. The average molecular weight is 596 g/mol. The van der Waals surface area contributed by atoms with Crippen LogP contribution in [0, 0.1) is 0 Å². The van der Waals surface area contributed by atoms with E-state index >= 15 is 0 Å². The Morgan fingerprint density at radius 3 is 2.05 bits per heavy atom. The Labute approximate surface area is 235 Å². The number of aliphatic hydroxyl groups is 7. The van der Waals surface area contributed by atoms with Gasteiger partial charge in [0.2, 0.25) is 17.5 Å². The van der Waals surface area contributed by atoms with Crippen molar-refractivity contribution >= 4 is 11.0 Å². The molecule has 16 nitrogen and oxygen atoms in total. The standard InChI is InChI=1S/C26H28O16/c27-9-3-1-8(2-4-9)22-23(16(31)14-11(29)5-10(28)6-12(14)39-22)41-26-21(36)17(32)15(30)13(40-26)7-38-25-20(35)18(33)19(34)24(37)42-25/h1-6,13,15,17-21,24-30,32-37H,7H2/t13?,15-,17?,18?,19-,20?,21?,24?,25-,26+/m1/s1. The van der Waals surface area contributed by atoms with Gasteiger partial charge in [-0.2, -0.15) is 0 Å². The molecular formula is C26H28O16. The van der Waals surface area contributed by atoms with E-state index in [0.717, 1.165) is 12.1 Å². The van der Waals surface area contributed by atoms with Crippen LogP contribution in [0.25, 0.3) is 22.3 Å². The molecule has 42 heavy (non-hydrogen) atoms. The molecule has 6 unspecified atom stereocenters. The van der Waals surface area contributed by atoms with Gasteiger partial charge in [-0.3, -0.25) is 4.79 Å². The zero-order valence-corrected chi connectivity index (χ0v) is 21.4. The zero-order chi connectivity index (χ0) is 30.5. The molecule has 10 N–H and O–H groups in total. The van der Waals surface area contributed by atoms with E-state index < -0.39 is 96.3 Å². The number of ether oxygens (including phenoxy) is 4. The molecule has 1 aromatic heterocycles. The van der Waals surface area contributed by atoms with Crippen LogP contribution in [-0.2, 0) is 14.2 Å². The lowest BCUT2D eigenvalue weighted by Crippen LogP contribution is -2.62. The van der Waals surface area contributed by atoms with Crippen molar-refractivity contribution in [2.24, 2.45) is 0 Å². The molecule has 5 rings (SSSR count). The number of phenolic OH excluding ortho intramolecular Hbond substituents is 3. The maximum absolute atomic E-state index is 13.5. The number of aromatic hydroxyl groups is 3. The Morgan fingerprint density at radius 2 is 1.36 bits per heavy atom. The lowest BCUT2D eigenvalue weighted by Gasteiger charge is -2.42. The van der Waals surface area contributed by atoms with Gasteiger partial charge in [-0.1, -0.05) is 0 Å². The molecule has 0 spiro atoms. The predicted molar refractivity (Wildman–Crippen MR) is 135 cm³/mol. The number of hydrogen-bond donors (Lipinski definition) is 10. The number of phenols is 3. The van der Waals surface area contributed by atoms with Crippen LogP contribution in [-0.4, -0.2) is 119 Å². The lowest BCUT2D eigenvalue weighted by atomic mass is 9.99. The highest BCUT2D eigenvalue weighted by Gasteiger charge is 2.48. The van der Waals surface area contributed by atoms with Gasteiger partial charge in [-0.15, -0.1) is 0 Å². The van der Waals surface area contributed by atoms with Crippen LogP contribution in [0.2, 0.25) is 0 Å². The van der Waals surface area contributed by atoms with Crippen LogP contribution in [0.4, 0.5) is 0 Å². The minimum Gasteiger partial charge on any atom is -0.508 e. The Morgan fingerprint density at radius 1 is 0.714 bits per heavy atom. The van der Waals surface area contributed by atoms with Crippen LogP contribution >= 0.6 is 0 Å². The highest BCUT2D eigenvalue weighted by molar-refractivity contribution is 5.88. The van der Waals surface area contributed by atoms with Crippen LogP contribution in [0.1, 0.15) is 0 Å². The maximum Gasteiger partial charge on any atom is 0.239 e. The molecule has 2 aromatic carbocycles. The first-order valence-electron chi connectivity index (χ1n) is 12.5. The smallest absolute Gasteiger partial charge is 0.239 e. The molecule has 228 valence electrons. The second-order valence-electron chi connectivity index (χ2n) is 9.81. The molecule has 0 bridgehead atoms. The van der Waals surface area contributed by atoms with E-state index in [2.05, 4.69) is 0 Å². The highest BCUT2D eigenvalue weighted by Crippen LogP contribution is 2.37. The fraction of sp³-hybridized carbons (Fsp3) is 0.423. The van der Waals surface area contributed by atoms with E-state index in [4.69, 9.17) is 23.4 Å². The SMILES string of the molecule is O=c1c(O[C@@H]2OC(CO[C@@H]3OC(O)[C@H](O)C(O)C3O)[C@@H](O)C(O)C2O)c(-c2ccc(O)cc2)oc2cc(O)cc(O)c12. The summed E-state index contributed by atoms with van der Waals surface area (Å²) in [6.45, 7) is -0.681. The van der Waals surface area contributed by atoms with E-state index in [1.54, 1.807) is 0 Å². The molecular weight excluding hydrogens is 568 g/mol. The molecule has 2 fully saturated rings. The summed E-state index contributed by atoms with van der Waals surface area (Å²) in [5, 5.41) is 100. The van der Waals surface area contributed by atoms with Crippen molar-refractivity contribution in [3.8, 4) is 34.3 Å². The summed E-state index contributed by atoms with van der Waals surface area (Å²) in [7, 11) is 0. The van der Waals surface area contributed by atoms with Crippen LogP contribution < -0.4 is 10.2 Å². The monoisotopic (exact) mass is 596 g/mol. The summed E-state index contributed by atoms with van der Waals surface area (Å²) in [4.78, 5) is 13.5. The van der Waals surface area contributed by atoms with Crippen molar-refractivity contribution in [3.63, 3.8) is 0 Å². The summed E-state index contributed by atoms with van der Waals surface area (Å²) in [6, 6.07) is 7.22. The Bertz CT molecular complexity index is 1470. The van der Waals surface area contributed by atoms with Gasteiger partial charge in [0, 0.05) is 17.7 Å². The van der Waals surface area contributed by atoms with Gasteiger partial charge in [0.1, 0.15) is 70.9 Å². The van der Waals surface area contributed by atoms with E-state index in [1.807, 2.05) is 0 Å². The first-order valence-corrected chi connectivity index (χ1v) is 12.5. The normalized spacial score (nSPS) is 33.5. The summed E-state index contributed by atoms with van der Waals surface area (Å²) in [5.74, 6) is -2.09. The molecule has 3 aromatic rings. The summed E-state index contributed by atoms with van der Waals surface area (Å²) in [6.07, 6.45) is -18.2. The molecule has 0 radical (unpaired) electrons. The average Bonchev–Trinajstić information content (AvgIpc) is 2.95. The molecule has 10 atom stereocenters. The third-order valence-corrected chi connectivity index (χ3v) is 6.92. The molecule has 2 aliphatic rings. The van der Waals surface area contributed by atoms with Gasteiger partial charge in [-0.05, 0) is 24.3 Å². The van der Waals surface area contributed by atoms with Gasteiger partial charge in [0.05, 0.1) is 6.61 Å². The van der Waals surface area contributed by atoms with Gasteiger partial charge in [0.15, 0.2) is 18.3 Å². The summed E-state index contributed by atoms with van der Waals surface area (Å²) >= 11 is 0. The fourth-order valence-electron chi connectivity index (χ4n) is 4.60. The number of fused-ring (bicyclic) bond motifs is 1. The van der Waals surface area contributed by atoms with Crippen LogP contribution in [0.3, 0.4) is 0 Å². The molecule has 0 saturated carbocycles. The first kappa shape index (κ1) is 29.9. The van der Waals surface area contributed by atoms with E-state index in [9.17, 15) is 55.9 Å². The minimum absolute atomic E-state index is 0.118. The third-order valence-electron chi connectivity index (χ3n) is 6.92. The second kappa shape index (κ2) is 11.6. The summed E-state index contributed by atoms with van der Waals surface area (Å²) in [5.41, 5.74) is -1.03. The van der Waals surface area contributed by atoms with Crippen molar-refractivity contribution in [2.75, 3.05) is 6.61 Å². The van der Waals surface area contributed by atoms with Crippen molar-refractivity contribution in [3.05, 3.63) is 46.6 Å².